The lowest BCUT2D eigenvalue weighted by Crippen LogP contribution is -2.11. The zero-order chi connectivity index (χ0) is 17.8. The van der Waals surface area contributed by atoms with Crippen LogP contribution < -0.4 is 16.4 Å². The number of aromatic nitrogens is 2. The molecule has 25 heavy (non-hydrogen) atoms. The molecule has 0 aliphatic heterocycles. The van der Waals surface area contributed by atoms with Crippen molar-refractivity contribution in [1.29, 1.82) is 0 Å². The summed E-state index contributed by atoms with van der Waals surface area (Å²) in [5.74, 6) is 0.449. The minimum atomic E-state index is -0.484. The normalized spacial score (nSPS) is 11.8. The van der Waals surface area contributed by atoms with Crippen molar-refractivity contribution >= 4 is 34.6 Å². The molecule has 0 aliphatic carbocycles. The number of anilines is 4. The monoisotopic (exact) mass is 357 g/mol. The Hall–Kier alpha value is -2.86. The maximum atomic E-state index is 13.3. The number of hydrogen-bond donors (Lipinski definition) is 3. The minimum Gasteiger partial charge on any atom is -0.393 e. The third kappa shape index (κ3) is 3.97. The molecule has 2 aromatic carbocycles. The molecule has 1 unspecified atom stereocenters. The van der Waals surface area contributed by atoms with Gasteiger partial charge in [0.05, 0.1) is 11.1 Å². The molecule has 128 valence electrons. The fourth-order valence-corrected chi connectivity index (χ4v) is 2.53. The lowest BCUT2D eigenvalue weighted by molar-refractivity contribution is 0.628. The van der Waals surface area contributed by atoms with Gasteiger partial charge in [-0.15, -0.1) is 0 Å². The zero-order valence-electron chi connectivity index (χ0n) is 13.5. The number of nitrogen functional groups attached to an aromatic ring is 1. The van der Waals surface area contributed by atoms with Crippen molar-refractivity contribution in [3.8, 4) is 0 Å². The van der Waals surface area contributed by atoms with Gasteiger partial charge in [0, 0.05) is 5.69 Å². The number of rotatable bonds is 5. The van der Waals surface area contributed by atoms with Gasteiger partial charge in [-0.3, -0.25) is 0 Å². The smallest absolute Gasteiger partial charge is 0.159 e. The molecule has 5 nitrogen and oxygen atoms in total. The average molecular weight is 358 g/mol. The molecule has 0 saturated heterocycles. The molecule has 7 heteroatoms. The van der Waals surface area contributed by atoms with E-state index >= 15 is 0 Å². The first kappa shape index (κ1) is 17.0. The molecular weight excluding hydrogens is 341 g/mol. The number of benzene rings is 2. The van der Waals surface area contributed by atoms with Gasteiger partial charge in [-0.25, -0.2) is 14.4 Å². The Morgan fingerprint density at radius 3 is 2.52 bits per heavy atom. The molecule has 0 spiro atoms. The van der Waals surface area contributed by atoms with Crippen molar-refractivity contribution in [2.24, 2.45) is 0 Å². The predicted molar refractivity (Wildman–Crippen MR) is 99.6 cm³/mol. The van der Waals surface area contributed by atoms with Crippen LogP contribution in [0.2, 0.25) is 5.02 Å². The summed E-state index contributed by atoms with van der Waals surface area (Å²) in [5.41, 5.74) is 8.23. The van der Waals surface area contributed by atoms with Gasteiger partial charge in [-0.1, -0.05) is 41.9 Å². The third-order valence-corrected chi connectivity index (χ3v) is 4.01. The van der Waals surface area contributed by atoms with E-state index in [4.69, 9.17) is 17.3 Å². The van der Waals surface area contributed by atoms with Crippen LogP contribution in [0.25, 0.3) is 0 Å². The highest BCUT2D eigenvalue weighted by atomic mass is 35.5. The summed E-state index contributed by atoms with van der Waals surface area (Å²) in [6, 6.07) is 14.3. The fraction of sp³-hybridized carbons (Fsp3) is 0.111. The number of nitrogens with zero attached hydrogens (tertiary/aromatic N) is 2. The van der Waals surface area contributed by atoms with Gasteiger partial charge in [0.15, 0.2) is 11.6 Å². The van der Waals surface area contributed by atoms with Gasteiger partial charge < -0.3 is 16.4 Å². The second-order valence-electron chi connectivity index (χ2n) is 5.52. The van der Waals surface area contributed by atoms with Crippen molar-refractivity contribution in [2.45, 2.75) is 13.0 Å². The first-order valence-corrected chi connectivity index (χ1v) is 8.06. The van der Waals surface area contributed by atoms with E-state index in [1.54, 1.807) is 6.07 Å². The van der Waals surface area contributed by atoms with E-state index in [1.807, 2.05) is 37.3 Å². The van der Waals surface area contributed by atoms with Crippen LogP contribution in [-0.2, 0) is 0 Å². The van der Waals surface area contributed by atoms with E-state index in [2.05, 4.69) is 20.6 Å². The molecule has 0 aliphatic rings. The molecule has 1 atom stereocenters. The zero-order valence-corrected chi connectivity index (χ0v) is 14.3. The number of halogens is 2. The average Bonchev–Trinajstić information content (AvgIpc) is 2.62. The van der Waals surface area contributed by atoms with Gasteiger partial charge >= 0.3 is 0 Å². The lowest BCUT2D eigenvalue weighted by atomic mass is 10.1. The van der Waals surface area contributed by atoms with Crippen molar-refractivity contribution in [1.82, 2.24) is 9.97 Å². The Labute approximate surface area is 150 Å². The van der Waals surface area contributed by atoms with Crippen LogP contribution in [-0.4, -0.2) is 9.97 Å². The molecule has 1 heterocycles. The molecule has 1 aromatic heterocycles. The highest BCUT2D eigenvalue weighted by Crippen LogP contribution is 2.29. The van der Waals surface area contributed by atoms with Gasteiger partial charge in [-0.05, 0) is 30.7 Å². The minimum absolute atomic E-state index is 0.0199. The topological polar surface area (TPSA) is 75.9 Å². The molecule has 3 aromatic rings. The summed E-state index contributed by atoms with van der Waals surface area (Å²) in [6.45, 7) is 2.02. The van der Waals surface area contributed by atoms with E-state index in [0.717, 1.165) is 5.56 Å². The van der Waals surface area contributed by atoms with Gasteiger partial charge in [-0.2, -0.15) is 0 Å². The standard InChI is InChI=1S/C18H17ClFN5/c1-11(12-5-3-2-4-6-12)24-17-16(21)18(23-10-22-17)25-13-7-8-15(20)14(19)9-13/h2-11H,21H2,1H3,(H2,22,23,24,25). The summed E-state index contributed by atoms with van der Waals surface area (Å²) in [7, 11) is 0. The summed E-state index contributed by atoms with van der Waals surface area (Å²) in [4.78, 5) is 8.35. The quantitative estimate of drug-likeness (QED) is 0.613. The summed E-state index contributed by atoms with van der Waals surface area (Å²) in [5, 5.41) is 6.32. The van der Waals surface area contributed by atoms with Gasteiger partial charge in [0.2, 0.25) is 0 Å². The van der Waals surface area contributed by atoms with Crippen LogP contribution in [0.1, 0.15) is 18.5 Å². The maximum Gasteiger partial charge on any atom is 0.159 e. The molecule has 0 amide bonds. The fourth-order valence-electron chi connectivity index (χ4n) is 2.35. The van der Waals surface area contributed by atoms with Crippen LogP contribution in [0.5, 0.6) is 0 Å². The first-order valence-electron chi connectivity index (χ1n) is 7.68. The molecule has 0 saturated carbocycles. The second-order valence-corrected chi connectivity index (χ2v) is 5.92. The SMILES string of the molecule is CC(Nc1ncnc(Nc2ccc(F)c(Cl)c2)c1N)c1ccccc1. The highest BCUT2D eigenvalue weighted by molar-refractivity contribution is 6.31. The second kappa shape index (κ2) is 7.36. The van der Waals surface area contributed by atoms with Crippen LogP contribution in [0.15, 0.2) is 54.9 Å². The number of nitrogens with two attached hydrogens (primary N) is 1. The van der Waals surface area contributed by atoms with Crippen LogP contribution in [0, 0.1) is 5.82 Å². The van der Waals surface area contributed by atoms with Crippen molar-refractivity contribution < 1.29 is 4.39 Å². The number of nitrogens with one attached hydrogen (secondary N) is 2. The lowest BCUT2D eigenvalue weighted by Gasteiger charge is -2.17. The summed E-state index contributed by atoms with van der Waals surface area (Å²) in [6.07, 6.45) is 1.41. The van der Waals surface area contributed by atoms with Crippen LogP contribution in [0.3, 0.4) is 0 Å². The van der Waals surface area contributed by atoms with E-state index in [-0.39, 0.29) is 11.1 Å². The largest absolute Gasteiger partial charge is 0.393 e. The molecular formula is C18H17ClFN5. The van der Waals surface area contributed by atoms with Crippen LogP contribution >= 0.6 is 11.6 Å². The van der Waals surface area contributed by atoms with Crippen molar-refractivity contribution in [3.63, 3.8) is 0 Å². The van der Waals surface area contributed by atoms with Gasteiger partial charge in [0.1, 0.15) is 17.8 Å². The van der Waals surface area contributed by atoms with Crippen molar-refractivity contribution in [3.05, 3.63) is 71.3 Å². The van der Waals surface area contributed by atoms with E-state index in [0.29, 0.717) is 23.0 Å². The Morgan fingerprint density at radius 2 is 1.80 bits per heavy atom. The Kier molecular flexibility index (Phi) is 5.00. The Bertz CT molecular complexity index is 873. The van der Waals surface area contributed by atoms with E-state index < -0.39 is 5.82 Å². The molecule has 3 rings (SSSR count). The van der Waals surface area contributed by atoms with E-state index in [1.165, 1.54) is 18.5 Å². The Morgan fingerprint density at radius 1 is 1.08 bits per heavy atom. The predicted octanol–water partition coefficient (Wildman–Crippen LogP) is 4.77. The van der Waals surface area contributed by atoms with E-state index in [9.17, 15) is 4.39 Å². The molecule has 0 fully saturated rings. The highest BCUT2D eigenvalue weighted by Gasteiger charge is 2.12. The van der Waals surface area contributed by atoms with Crippen molar-refractivity contribution in [2.75, 3.05) is 16.4 Å². The molecule has 0 bridgehead atoms. The molecule has 0 radical (unpaired) electrons. The summed E-state index contributed by atoms with van der Waals surface area (Å²) >= 11 is 5.80. The third-order valence-electron chi connectivity index (χ3n) is 3.72. The number of hydrogen-bond acceptors (Lipinski definition) is 5. The van der Waals surface area contributed by atoms with Gasteiger partial charge in [0.25, 0.3) is 0 Å². The first-order chi connectivity index (χ1) is 12.0. The van der Waals surface area contributed by atoms with Crippen LogP contribution in [0.4, 0.5) is 27.4 Å². The Balaban J connectivity index is 1.81. The molecule has 4 N–H and O–H groups in total. The maximum absolute atomic E-state index is 13.3. The summed E-state index contributed by atoms with van der Waals surface area (Å²) < 4.78 is 13.3.